The molecule has 0 spiro atoms. The maximum atomic E-state index is 6.14. The van der Waals surface area contributed by atoms with Crippen LogP contribution in [-0.4, -0.2) is 0 Å². The summed E-state index contributed by atoms with van der Waals surface area (Å²) in [5.41, 5.74) is 8.84. The number of hydrogen-bond acceptors (Lipinski definition) is 1. The summed E-state index contributed by atoms with van der Waals surface area (Å²) < 4.78 is 0. The topological polar surface area (TPSA) is 26.0 Å². The largest absolute Gasteiger partial charge is 0.324 e. The van der Waals surface area contributed by atoms with Crippen LogP contribution in [0.5, 0.6) is 0 Å². The number of benzene rings is 1. The molecule has 2 N–H and O–H groups in total. The zero-order valence-electron chi connectivity index (χ0n) is 10.9. The smallest absolute Gasteiger partial charge is 0.0294 e. The van der Waals surface area contributed by atoms with Crippen molar-refractivity contribution in [2.45, 2.75) is 58.4 Å². The van der Waals surface area contributed by atoms with Gasteiger partial charge in [-0.1, -0.05) is 57.9 Å². The minimum absolute atomic E-state index is 0.214. The molecule has 0 saturated heterocycles. The van der Waals surface area contributed by atoms with Gasteiger partial charge in [0.25, 0.3) is 0 Å². The van der Waals surface area contributed by atoms with E-state index in [2.05, 4.69) is 45.0 Å². The van der Waals surface area contributed by atoms with Crippen LogP contribution in [0.25, 0.3) is 0 Å². The van der Waals surface area contributed by atoms with Gasteiger partial charge in [0.1, 0.15) is 0 Å². The fourth-order valence-electron chi connectivity index (χ4n) is 1.90. The van der Waals surface area contributed by atoms with Gasteiger partial charge >= 0.3 is 0 Å². The molecule has 0 aliphatic rings. The lowest BCUT2D eigenvalue weighted by atomic mass is 9.95. The SMILES string of the molecule is CCCCC(N)c1ccc(C(C)CC)cc1. The number of nitrogens with two attached hydrogens (primary N) is 1. The minimum Gasteiger partial charge on any atom is -0.324 e. The molecule has 0 aromatic heterocycles. The zero-order valence-corrected chi connectivity index (χ0v) is 10.9. The summed E-state index contributed by atoms with van der Waals surface area (Å²) in [6.07, 6.45) is 4.73. The Hall–Kier alpha value is -0.820. The lowest BCUT2D eigenvalue weighted by Crippen LogP contribution is -2.10. The van der Waals surface area contributed by atoms with E-state index in [0.29, 0.717) is 5.92 Å². The first kappa shape index (κ1) is 13.2. The third-order valence-electron chi connectivity index (χ3n) is 3.41. The maximum Gasteiger partial charge on any atom is 0.0294 e. The summed E-state index contributed by atoms with van der Waals surface area (Å²) in [5, 5.41) is 0. The lowest BCUT2D eigenvalue weighted by Gasteiger charge is -2.14. The normalized spacial score (nSPS) is 14.8. The van der Waals surface area contributed by atoms with E-state index in [9.17, 15) is 0 Å². The predicted octanol–water partition coefficient (Wildman–Crippen LogP) is 4.39. The van der Waals surface area contributed by atoms with Crippen molar-refractivity contribution in [2.24, 2.45) is 5.73 Å². The van der Waals surface area contributed by atoms with Crippen LogP contribution in [0.4, 0.5) is 0 Å². The van der Waals surface area contributed by atoms with Crippen molar-refractivity contribution in [3.63, 3.8) is 0 Å². The monoisotopic (exact) mass is 219 g/mol. The molecule has 1 aromatic rings. The average Bonchev–Trinajstić information content (AvgIpc) is 2.35. The van der Waals surface area contributed by atoms with Crippen molar-refractivity contribution in [2.75, 3.05) is 0 Å². The second-order valence-corrected chi connectivity index (χ2v) is 4.72. The summed E-state index contributed by atoms with van der Waals surface area (Å²) in [6, 6.07) is 9.07. The van der Waals surface area contributed by atoms with E-state index < -0.39 is 0 Å². The zero-order chi connectivity index (χ0) is 12.0. The first-order chi connectivity index (χ1) is 7.69. The molecule has 0 radical (unpaired) electrons. The second kappa shape index (κ2) is 6.70. The van der Waals surface area contributed by atoms with Crippen LogP contribution in [0.2, 0.25) is 0 Å². The predicted molar refractivity (Wildman–Crippen MR) is 71.6 cm³/mol. The van der Waals surface area contributed by atoms with Crippen LogP contribution in [0.15, 0.2) is 24.3 Å². The molecule has 0 bridgehead atoms. The Morgan fingerprint density at radius 2 is 1.62 bits per heavy atom. The molecule has 0 saturated carbocycles. The molecule has 0 amide bonds. The number of rotatable bonds is 6. The van der Waals surface area contributed by atoms with E-state index in [1.54, 1.807) is 0 Å². The highest BCUT2D eigenvalue weighted by molar-refractivity contribution is 5.26. The Kier molecular flexibility index (Phi) is 5.54. The van der Waals surface area contributed by atoms with Gasteiger partial charge in [0.15, 0.2) is 0 Å². The minimum atomic E-state index is 0.214. The molecule has 1 nitrogen and oxygen atoms in total. The molecular weight excluding hydrogens is 194 g/mol. The van der Waals surface area contributed by atoms with Gasteiger partial charge in [0, 0.05) is 6.04 Å². The van der Waals surface area contributed by atoms with Crippen LogP contribution >= 0.6 is 0 Å². The Labute approximate surface area is 100 Å². The van der Waals surface area contributed by atoms with Gasteiger partial charge in [0.2, 0.25) is 0 Å². The van der Waals surface area contributed by atoms with Crippen molar-refractivity contribution in [3.05, 3.63) is 35.4 Å². The van der Waals surface area contributed by atoms with E-state index in [-0.39, 0.29) is 6.04 Å². The van der Waals surface area contributed by atoms with Gasteiger partial charge < -0.3 is 5.73 Å². The van der Waals surface area contributed by atoms with Gasteiger partial charge in [-0.3, -0.25) is 0 Å². The van der Waals surface area contributed by atoms with E-state index in [4.69, 9.17) is 5.73 Å². The molecule has 1 rings (SSSR count). The first-order valence-corrected chi connectivity index (χ1v) is 6.54. The van der Waals surface area contributed by atoms with Crippen molar-refractivity contribution in [1.29, 1.82) is 0 Å². The van der Waals surface area contributed by atoms with Crippen LogP contribution in [0.3, 0.4) is 0 Å². The summed E-state index contributed by atoms with van der Waals surface area (Å²) in [4.78, 5) is 0. The second-order valence-electron chi connectivity index (χ2n) is 4.72. The van der Waals surface area contributed by atoms with Crippen LogP contribution < -0.4 is 5.73 Å². The van der Waals surface area contributed by atoms with Crippen LogP contribution in [-0.2, 0) is 0 Å². The number of hydrogen-bond donors (Lipinski definition) is 1. The van der Waals surface area contributed by atoms with E-state index in [0.717, 1.165) is 6.42 Å². The highest BCUT2D eigenvalue weighted by Gasteiger charge is 2.07. The molecule has 0 heterocycles. The fraction of sp³-hybridized carbons (Fsp3) is 0.600. The van der Waals surface area contributed by atoms with E-state index >= 15 is 0 Å². The molecule has 0 aliphatic carbocycles. The van der Waals surface area contributed by atoms with Gasteiger partial charge in [-0.05, 0) is 29.9 Å². The van der Waals surface area contributed by atoms with E-state index in [1.807, 2.05) is 0 Å². The molecular formula is C15H25N. The summed E-state index contributed by atoms with van der Waals surface area (Å²) in [6.45, 7) is 6.70. The average molecular weight is 219 g/mol. The van der Waals surface area contributed by atoms with Crippen LogP contribution in [0.1, 0.15) is 69.5 Å². The summed E-state index contributed by atoms with van der Waals surface area (Å²) in [5.74, 6) is 0.654. The lowest BCUT2D eigenvalue weighted by molar-refractivity contribution is 0.603. The first-order valence-electron chi connectivity index (χ1n) is 6.54. The fourth-order valence-corrected chi connectivity index (χ4v) is 1.90. The van der Waals surface area contributed by atoms with Crippen molar-refractivity contribution in [1.82, 2.24) is 0 Å². The molecule has 0 aliphatic heterocycles. The van der Waals surface area contributed by atoms with E-state index in [1.165, 1.54) is 30.4 Å². The molecule has 1 heteroatoms. The number of unbranched alkanes of at least 4 members (excludes halogenated alkanes) is 1. The van der Waals surface area contributed by atoms with Gasteiger partial charge in [0.05, 0.1) is 0 Å². The van der Waals surface area contributed by atoms with Crippen molar-refractivity contribution >= 4 is 0 Å². The van der Waals surface area contributed by atoms with Crippen LogP contribution in [0, 0.1) is 0 Å². The highest BCUT2D eigenvalue weighted by Crippen LogP contribution is 2.22. The van der Waals surface area contributed by atoms with Gasteiger partial charge in [-0.25, -0.2) is 0 Å². The molecule has 2 atom stereocenters. The van der Waals surface area contributed by atoms with Gasteiger partial charge in [-0.15, -0.1) is 0 Å². The Bertz CT molecular complexity index is 289. The Morgan fingerprint density at radius 1 is 1.06 bits per heavy atom. The summed E-state index contributed by atoms with van der Waals surface area (Å²) in [7, 11) is 0. The molecule has 1 aromatic carbocycles. The standard InChI is InChI=1S/C15H25N/c1-4-6-7-15(16)14-10-8-13(9-11-14)12(3)5-2/h8-12,15H,4-7,16H2,1-3H3. The quantitative estimate of drug-likeness (QED) is 0.754. The van der Waals surface area contributed by atoms with Crippen molar-refractivity contribution < 1.29 is 0 Å². The van der Waals surface area contributed by atoms with Gasteiger partial charge in [-0.2, -0.15) is 0 Å². The third-order valence-corrected chi connectivity index (χ3v) is 3.41. The Morgan fingerprint density at radius 3 is 2.12 bits per heavy atom. The highest BCUT2D eigenvalue weighted by atomic mass is 14.6. The maximum absolute atomic E-state index is 6.14. The van der Waals surface area contributed by atoms with Crippen molar-refractivity contribution in [3.8, 4) is 0 Å². The molecule has 90 valence electrons. The third kappa shape index (κ3) is 3.64. The Balaban J connectivity index is 2.63. The molecule has 2 unspecified atom stereocenters. The molecule has 16 heavy (non-hydrogen) atoms. The summed E-state index contributed by atoms with van der Waals surface area (Å²) >= 11 is 0. The molecule has 0 fully saturated rings.